The van der Waals surface area contributed by atoms with Crippen LogP contribution in [0.4, 0.5) is 0 Å². The lowest BCUT2D eigenvalue weighted by Gasteiger charge is -2.08. The van der Waals surface area contributed by atoms with Crippen LogP contribution in [0, 0.1) is 0 Å². The average Bonchev–Trinajstić information content (AvgIpc) is 3.66. The van der Waals surface area contributed by atoms with E-state index in [0.717, 1.165) is 37.2 Å². The van der Waals surface area contributed by atoms with E-state index in [0.29, 0.717) is 58.7 Å². The summed E-state index contributed by atoms with van der Waals surface area (Å²) in [4.78, 5) is 25.4. The molecule has 0 spiro atoms. The van der Waals surface area contributed by atoms with Gasteiger partial charge in [-0.15, -0.1) is 10.2 Å². The quantitative estimate of drug-likeness (QED) is 0.0447. The molecule has 0 fully saturated rings. The Kier molecular flexibility index (Phi) is 14.2. The molecule has 1 aromatic heterocycles. The van der Waals surface area contributed by atoms with E-state index in [9.17, 15) is 9.59 Å². The zero-order chi connectivity index (χ0) is 35.7. The van der Waals surface area contributed by atoms with Crippen LogP contribution < -0.4 is 18.9 Å². The summed E-state index contributed by atoms with van der Waals surface area (Å²) in [5, 5.41) is 8.34. The lowest BCUT2D eigenvalue weighted by Crippen LogP contribution is -2.08. The summed E-state index contributed by atoms with van der Waals surface area (Å²) in [5.41, 5.74) is 2.19. The first-order valence-electron chi connectivity index (χ1n) is 18.0. The van der Waals surface area contributed by atoms with E-state index in [4.69, 9.17) is 23.4 Å². The molecule has 0 N–H and O–H groups in total. The number of nitrogens with zero attached hydrogens (tertiary/aromatic N) is 2. The molecular formula is C42H46N2O7. The summed E-state index contributed by atoms with van der Waals surface area (Å²) < 4.78 is 28.6. The van der Waals surface area contributed by atoms with E-state index < -0.39 is 11.9 Å². The van der Waals surface area contributed by atoms with Crippen molar-refractivity contribution >= 4 is 11.9 Å². The van der Waals surface area contributed by atoms with Crippen LogP contribution in [0.25, 0.3) is 22.9 Å². The molecule has 0 radical (unpaired) electrons. The summed E-state index contributed by atoms with van der Waals surface area (Å²) in [5.74, 6) is 1.93. The normalized spacial score (nSPS) is 10.9. The number of esters is 2. The van der Waals surface area contributed by atoms with Crippen molar-refractivity contribution in [3.63, 3.8) is 0 Å². The fourth-order valence-corrected chi connectivity index (χ4v) is 5.29. The van der Waals surface area contributed by atoms with E-state index in [1.54, 1.807) is 97.1 Å². The number of benzene rings is 4. The average molecular weight is 691 g/mol. The third kappa shape index (κ3) is 11.6. The Bertz CT molecular complexity index is 1650. The fraction of sp³-hybridized carbons (Fsp3) is 0.333. The highest BCUT2D eigenvalue weighted by atomic mass is 16.5. The van der Waals surface area contributed by atoms with Gasteiger partial charge in [0.05, 0.1) is 24.3 Å². The van der Waals surface area contributed by atoms with E-state index in [1.165, 1.54) is 38.5 Å². The minimum absolute atomic E-state index is 0.309. The Morgan fingerprint density at radius 2 is 0.824 bits per heavy atom. The molecule has 0 atom stereocenters. The summed E-state index contributed by atoms with van der Waals surface area (Å²) in [6.45, 7) is 5.72. The van der Waals surface area contributed by atoms with Gasteiger partial charge >= 0.3 is 11.9 Å². The Morgan fingerprint density at radius 1 is 0.471 bits per heavy atom. The van der Waals surface area contributed by atoms with Crippen LogP contribution in [0.5, 0.6) is 23.0 Å². The zero-order valence-electron chi connectivity index (χ0n) is 29.5. The number of aromatic nitrogens is 2. The lowest BCUT2D eigenvalue weighted by atomic mass is 10.2. The fourth-order valence-electron chi connectivity index (χ4n) is 5.29. The van der Waals surface area contributed by atoms with Crippen molar-refractivity contribution in [2.75, 3.05) is 13.2 Å². The highest BCUT2D eigenvalue weighted by Gasteiger charge is 2.14. The van der Waals surface area contributed by atoms with Gasteiger partial charge in [-0.2, -0.15) is 0 Å². The molecule has 0 aliphatic heterocycles. The van der Waals surface area contributed by atoms with Crippen LogP contribution in [0.1, 0.15) is 98.8 Å². The standard InChI is InChI=1S/C42H46N2O7/c1-3-5-7-9-11-29-47-35-21-17-33(18-22-35)41(45)49-37-25-13-31(14-26-37)39-43-44-40(51-39)32-15-27-38(28-16-32)50-42(46)34-19-23-36(24-20-34)48-30-12-10-8-6-4-2/h13-28H,3-12,29-30H2,1-2H3. The monoisotopic (exact) mass is 690 g/mol. The Labute approximate surface area is 299 Å². The van der Waals surface area contributed by atoms with Crippen molar-refractivity contribution in [2.24, 2.45) is 0 Å². The third-order valence-electron chi connectivity index (χ3n) is 8.26. The van der Waals surface area contributed by atoms with E-state index in [1.807, 2.05) is 0 Å². The van der Waals surface area contributed by atoms with Crippen LogP contribution >= 0.6 is 0 Å². The first-order chi connectivity index (χ1) is 25.0. The van der Waals surface area contributed by atoms with Gasteiger partial charge in [0.1, 0.15) is 23.0 Å². The molecule has 51 heavy (non-hydrogen) atoms. The molecule has 0 aliphatic rings. The molecule has 5 aromatic rings. The van der Waals surface area contributed by atoms with Gasteiger partial charge < -0.3 is 23.4 Å². The van der Waals surface area contributed by atoms with Gasteiger partial charge in [-0.25, -0.2) is 9.59 Å². The highest BCUT2D eigenvalue weighted by Crippen LogP contribution is 2.27. The Morgan fingerprint density at radius 3 is 1.20 bits per heavy atom. The number of unbranched alkanes of at least 4 members (excludes halogenated alkanes) is 8. The molecule has 9 heteroatoms. The maximum absolute atomic E-state index is 12.7. The van der Waals surface area contributed by atoms with Gasteiger partial charge in [0, 0.05) is 11.1 Å². The van der Waals surface area contributed by atoms with Crippen LogP contribution in [0.3, 0.4) is 0 Å². The Balaban J connectivity index is 1.07. The van der Waals surface area contributed by atoms with Gasteiger partial charge in [0.15, 0.2) is 0 Å². The van der Waals surface area contributed by atoms with E-state index in [2.05, 4.69) is 24.0 Å². The molecule has 1 heterocycles. The van der Waals surface area contributed by atoms with Gasteiger partial charge in [-0.05, 0) is 110 Å². The number of carbonyl (C=O) groups is 2. The number of hydrogen-bond donors (Lipinski definition) is 0. The number of ether oxygens (including phenoxy) is 4. The largest absolute Gasteiger partial charge is 0.494 e. The van der Waals surface area contributed by atoms with Crippen LogP contribution in [0.15, 0.2) is 101 Å². The first-order valence-corrected chi connectivity index (χ1v) is 18.0. The zero-order valence-corrected chi connectivity index (χ0v) is 29.5. The second kappa shape index (κ2) is 19.7. The first kappa shape index (κ1) is 36.8. The van der Waals surface area contributed by atoms with Gasteiger partial charge in [-0.3, -0.25) is 0 Å². The molecule has 9 nitrogen and oxygen atoms in total. The van der Waals surface area contributed by atoms with Crippen LogP contribution in [0.2, 0.25) is 0 Å². The molecule has 0 unspecified atom stereocenters. The SMILES string of the molecule is CCCCCCCOc1ccc(C(=O)Oc2ccc(-c3nnc(-c4ccc(OC(=O)c5ccc(OCCCCCCC)cc5)cc4)o3)cc2)cc1. The van der Waals surface area contributed by atoms with Gasteiger partial charge in [-0.1, -0.05) is 65.2 Å². The predicted octanol–water partition coefficient (Wildman–Crippen LogP) is 10.5. The smallest absolute Gasteiger partial charge is 0.343 e. The summed E-state index contributed by atoms with van der Waals surface area (Å²) >= 11 is 0. The minimum Gasteiger partial charge on any atom is -0.494 e. The highest BCUT2D eigenvalue weighted by molar-refractivity contribution is 5.91. The Hall–Kier alpha value is -5.44. The summed E-state index contributed by atoms with van der Waals surface area (Å²) in [7, 11) is 0. The minimum atomic E-state index is -0.464. The van der Waals surface area contributed by atoms with Crippen LogP contribution in [-0.4, -0.2) is 35.3 Å². The van der Waals surface area contributed by atoms with E-state index >= 15 is 0 Å². The molecule has 0 saturated heterocycles. The molecule has 5 rings (SSSR count). The van der Waals surface area contributed by atoms with Gasteiger partial charge in [0.25, 0.3) is 0 Å². The third-order valence-corrected chi connectivity index (χ3v) is 8.26. The molecule has 0 bridgehead atoms. The second-order valence-corrected chi connectivity index (χ2v) is 12.3. The maximum Gasteiger partial charge on any atom is 0.343 e. The topological polar surface area (TPSA) is 110 Å². The number of carbonyl (C=O) groups excluding carboxylic acids is 2. The molecule has 266 valence electrons. The molecule has 0 aliphatic carbocycles. The number of hydrogen-bond acceptors (Lipinski definition) is 9. The maximum atomic E-state index is 12.7. The van der Waals surface area contributed by atoms with Crippen molar-refractivity contribution in [3.05, 3.63) is 108 Å². The molecule has 0 saturated carbocycles. The van der Waals surface area contributed by atoms with Crippen molar-refractivity contribution in [3.8, 4) is 45.9 Å². The summed E-state index contributed by atoms with van der Waals surface area (Å²) in [6.07, 6.45) is 11.7. The number of rotatable bonds is 20. The van der Waals surface area contributed by atoms with Crippen molar-refractivity contribution < 1.29 is 33.0 Å². The van der Waals surface area contributed by atoms with Crippen LogP contribution in [-0.2, 0) is 0 Å². The van der Waals surface area contributed by atoms with Gasteiger partial charge in [0.2, 0.25) is 11.8 Å². The predicted molar refractivity (Wildman–Crippen MR) is 196 cm³/mol. The van der Waals surface area contributed by atoms with Crippen molar-refractivity contribution in [1.82, 2.24) is 10.2 Å². The van der Waals surface area contributed by atoms with E-state index in [-0.39, 0.29) is 0 Å². The molecule has 0 amide bonds. The van der Waals surface area contributed by atoms with Crippen molar-refractivity contribution in [2.45, 2.75) is 78.1 Å². The molecule has 4 aromatic carbocycles. The second-order valence-electron chi connectivity index (χ2n) is 12.3. The van der Waals surface area contributed by atoms with Crippen molar-refractivity contribution in [1.29, 1.82) is 0 Å². The summed E-state index contributed by atoms with van der Waals surface area (Å²) in [6, 6.07) is 27.6. The lowest BCUT2D eigenvalue weighted by molar-refractivity contribution is 0.0725. The molecular weight excluding hydrogens is 644 g/mol.